The summed E-state index contributed by atoms with van der Waals surface area (Å²) in [7, 11) is 0. The molecule has 0 atom stereocenters. The van der Waals surface area contributed by atoms with Crippen LogP contribution in [-0.2, 0) is 4.79 Å². The molecule has 0 aliphatic carbocycles. The normalized spacial score (nSPS) is 13.1. The van der Waals surface area contributed by atoms with Crippen LogP contribution in [0.4, 0.5) is 11.4 Å². The number of rotatable bonds is 2. The van der Waals surface area contributed by atoms with E-state index in [0.717, 1.165) is 0 Å². The first-order chi connectivity index (χ1) is 9.63. The maximum atomic E-state index is 12.3. The third-order valence-corrected chi connectivity index (χ3v) is 3.05. The number of hydrogen-bond donors (Lipinski definition) is 2. The fourth-order valence-corrected chi connectivity index (χ4v) is 2.03. The summed E-state index contributed by atoms with van der Waals surface area (Å²) in [5, 5.41) is 2.68. The van der Waals surface area contributed by atoms with E-state index < -0.39 is 0 Å². The SMILES string of the molecule is Nc1ccc(C(=O)c2ccc3c(c2)NC(=O)CO3)cc1. The summed E-state index contributed by atoms with van der Waals surface area (Å²) >= 11 is 0. The number of carbonyl (C=O) groups excluding carboxylic acids is 2. The van der Waals surface area contributed by atoms with Crippen molar-refractivity contribution in [2.45, 2.75) is 0 Å². The highest BCUT2D eigenvalue weighted by molar-refractivity contribution is 6.10. The molecular formula is C15H12N2O3. The Labute approximate surface area is 115 Å². The predicted molar refractivity (Wildman–Crippen MR) is 74.9 cm³/mol. The fraction of sp³-hybridized carbons (Fsp3) is 0.0667. The summed E-state index contributed by atoms with van der Waals surface area (Å²) in [4.78, 5) is 23.6. The van der Waals surface area contributed by atoms with Gasteiger partial charge in [-0.05, 0) is 42.5 Å². The van der Waals surface area contributed by atoms with Crippen LogP contribution in [0.25, 0.3) is 0 Å². The zero-order chi connectivity index (χ0) is 14.1. The minimum absolute atomic E-state index is 0.00173. The molecule has 0 bridgehead atoms. The first-order valence-electron chi connectivity index (χ1n) is 6.10. The monoisotopic (exact) mass is 268 g/mol. The third kappa shape index (κ3) is 2.21. The van der Waals surface area contributed by atoms with E-state index in [-0.39, 0.29) is 18.3 Å². The molecule has 20 heavy (non-hydrogen) atoms. The molecule has 1 heterocycles. The standard InChI is InChI=1S/C15H12N2O3/c16-11-4-1-9(2-5-11)15(19)10-3-6-13-12(7-10)17-14(18)8-20-13/h1-7H,8,16H2,(H,17,18). The van der Waals surface area contributed by atoms with Gasteiger partial charge in [0, 0.05) is 16.8 Å². The maximum absolute atomic E-state index is 12.3. The van der Waals surface area contributed by atoms with Gasteiger partial charge in [0.1, 0.15) is 5.75 Å². The number of hydrogen-bond acceptors (Lipinski definition) is 4. The average molecular weight is 268 g/mol. The first-order valence-corrected chi connectivity index (χ1v) is 6.10. The zero-order valence-corrected chi connectivity index (χ0v) is 10.6. The minimum atomic E-state index is -0.227. The van der Waals surface area contributed by atoms with Crippen molar-refractivity contribution in [2.24, 2.45) is 0 Å². The van der Waals surface area contributed by atoms with Crippen molar-refractivity contribution in [2.75, 3.05) is 17.7 Å². The number of anilines is 2. The minimum Gasteiger partial charge on any atom is -0.482 e. The molecule has 0 aromatic heterocycles. The smallest absolute Gasteiger partial charge is 0.262 e. The van der Waals surface area contributed by atoms with Crippen molar-refractivity contribution in [3.8, 4) is 5.75 Å². The van der Waals surface area contributed by atoms with Gasteiger partial charge in [-0.2, -0.15) is 0 Å². The highest BCUT2D eigenvalue weighted by Crippen LogP contribution is 2.29. The number of ether oxygens (including phenoxy) is 1. The van der Waals surface area contributed by atoms with E-state index in [1.165, 1.54) is 0 Å². The van der Waals surface area contributed by atoms with Gasteiger partial charge in [0.2, 0.25) is 0 Å². The number of carbonyl (C=O) groups is 2. The van der Waals surface area contributed by atoms with E-state index >= 15 is 0 Å². The van der Waals surface area contributed by atoms with E-state index in [1.54, 1.807) is 42.5 Å². The van der Waals surface area contributed by atoms with E-state index in [1.807, 2.05) is 0 Å². The Hall–Kier alpha value is -2.82. The van der Waals surface area contributed by atoms with Crippen LogP contribution in [0.3, 0.4) is 0 Å². The Morgan fingerprint density at radius 3 is 2.55 bits per heavy atom. The van der Waals surface area contributed by atoms with Crippen LogP contribution in [-0.4, -0.2) is 18.3 Å². The van der Waals surface area contributed by atoms with Crippen LogP contribution < -0.4 is 15.8 Å². The Bertz CT molecular complexity index is 693. The highest BCUT2D eigenvalue weighted by Gasteiger charge is 2.18. The van der Waals surface area contributed by atoms with Crippen LogP contribution in [0.1, 0.15) is 15.9 Å². The number of benzene rings is 2. The summed E-state index contributed by atoms with van der Waals surface area (Å²) < 4.78 is 5.25. The number of ketones is 1. The summed E-state index contributed by atoms with van der Waals surface area (Å²) in [6, 6.07) is 11.7. The lowest BCUT2D eigenvalue weighted by atomic mass is 10.0. The summed E-state index contributed by atoms with van der Waals surface area (Å²) in [5.74, 6) is 0.209. The molecule has 3 N–H and O–H groups in total. The lowest BCUT2D eigenvalue weighted by molar-refractivity contribution is -0.118. The Morgan fingerprint density at radius 1 is 1.10 bits per heavy atom. The van der Waals surface area contributed by atoms with Gasteiger partial charge in [-0.25, -0.2) is 0 Å². The Morgan fingerprint density at radius 2 is 1.80 bits per heavy atom. The van der Waals surface area contributed by atoms with Crippen LogP contribution in [0.15, 0.2) is 42.5 Å². The van der Waals surface area contributed by atoms with E-state index in [0.29, 0.717) is 28.3 Å². The van der Waals surface area contributed by atoms with Crippen LogP contribution in [0.2, 0.25) is 0 Å². The third-order valence-electron chi connectivity index (χ3n) is 3.05. The average Bonchev–Trinajstić information content (AvgIpc) is 2.46. The summed E-state index contributed by atoms with van der Waals surface area (Å²) in [5.41, 5.74) is 7.75. The molecule has 2 aromatic rings. The molecule has 5 heteroatoms. The van der Waals surface area contributed by atoms with Crippen molar-refractivity contribution in [1.82, 2.24) is 0 Å². The second kappa shape index (κ2) is 4.70. The molecule has 100 valence electrons. The maximum Gasteiger partial charge on any atom is 0.262 e. The molecule has 0 spiro atoms. The molecule has 0 saturated heterocycles. The van der Waals surface area contributed by atoms with E-state index in [2.05, 4.69) is 5.32 Å². The topological polar surface area (TPSA) is 81.4 Å². The van der Waals surface area contributed by atoms with Crippen LogP contribution >= 0.6 is 0 Å². The molecular weight excluding hydrogens is 256 g/mol. The number of fused-ring (bicyclic) bond motifs is 1. The Kier molecular flexibility index (Phi) is 2.87. The molecule has 5 nitrogen and oxygen atoms in total. The van der Waals surface area contributed by atoms with Crippen molar-refractivity contribution in [3.63, 3.8) is 0 Å². The lowest BCUT2D eigenvalue weighted by Crippen LogP contribution is -2.25. The first kappa shape index (κ1) is 12.2. The molecule has 0 saturated carbocycles. The van der Waals surface area contributed by atoms with Gasteiger partial charge in [-0.15, -0.1) is 0 Å². The van der Waals surface area contributed by atoms with Crippen molar-refractivity contribution < 1.29 is 14.3 Å². The van der Waals surface area contributed by atoms with Gasteiger partial charge < -0.3 is 15.8 Å². The quantitative estimate of drug-likeness (QED) is 0.643. The second-order valence-corrected chi connectivity index (χ2v) is 4.50. The number of amides is 1. The van der Waals surface area contributed by atoms with E-state index in [9.17, 15) is 9.59 Å². The molecule has 1 aliphatic rings. The Balaban J connectivity index is 1.94. The van der Waals surface area contributed by atoms with Gasteiger partial charge in [-0.1, -0.05) is 0 Å². The van der Waals surface area contributed by atoms with Gasteiger partial charge in [0.05, 0.1) is 5.69 Å². The largest absolute Gasteiger partial charge is 0.482 e. The van der Waals surface area contributed by atoms with Crippen molar-refractivity contribution >= 4 is 23.1 Å². The van der Waals surface area contributed by atoms with Gasteiger partial charge >= 0.3 is 0 Å². The number of nitrogens with two attached hydrogens (primary N) is 1. The number of nitrogen functional groups attached to an aromatic ring is 1. The second-order valence-electron chi connectivity index (χ2n) is 4.50. The van der Waals surface area contributed by atoms with Gasteiger partial charge in [0.25, 0.3) is 5.91 Å². The molecule has 1 amide bonds. The molecule has 0 radical (unpaired) electrons. The summed E-state index contributed by atoms with van der Waals surface area (Å²) in [6.45, 7) is -0.00173. The fourth-order valence-electron chi connectivity index (χ4n) is 2.03. The predicted octanol–water partition coefficient (Wildman–Crippen LogP) is 1.83. The molecule has 2 aromatic carbocycles. The van der Waals surface area contributed by atoms with Crippen molar-refractivity contribution in [1.29, 1.82) is 0 Å². The molecule has 0 unspecified atom stereocenters. The highest BCUT2D eigenvalue weighted by atomic mass is 16.5. The molecule has 3 rings (SSSR count). The van der Waals surface area contributed by atoms with Crippen LogP contribution in [0, 0.1) is 0 Å². The molecule has 1 aliphatic heterocycles. The zero-order valence-electron chi connectivity index (χ0n) is 10.6. The van der Waals surface area contributed by atoms with E-state index in [4.69, 9.17) is 10.5 Å². The molecule has 0 fully saturated rings. The summed E-state index contributed by atoms with van der Waals surface area (Å²) in [6.07, 6.45) is 0. The van der Waals surface area contributed by atoms with Crippen molar-refractivity contribution in [3.05, 3.63) is 53.6 Å². The van der Waals surface area contributed by atoms with Crippen LogP contribution in [0.5, 0.6) is 5.75 Å². The van der Waals surface area contributed by atoms with Gasteiger partial charge in [0.15, 0.2) is 12.4 Å². The number of nitrogens with one attached hydrogen (secondary N) is 1. The lowest BCUT2D eigenvalue weighted by Gasteiger charge is -2.18. The van der Waals surface area contributed by atoms with Gasteiger partial charge in [-0.3, -0.25) is 9.59 Å².